The van der Waals surface area contributed by atoms with Gasteiger partial charge < -0.3 is 9.80 Å². The summed E-state index contributed by atoms with van der Waals surface area (Å²) in [5, 5.41) is 0. The number of aryl methyl sites for hydroxylation is 4. The summed E-state index contributed by atoms with van der Waals surface area (Å²) in [6.07, 6.45) is 15.9. The molecule has 0 saturated heterocycles. The molecule has 4 saturated carbocycles. The van der Waals surface area contributed by atoms with Crippen molar-refractivity contribution in [3.05, 3.63) is 209 Å². The van der Waals surface area contributed by atoms with Crippen molar-refractivity contribution in [2.45, 2.75) is 95.3 Å². The molecule has 12 rings (SSSR count). The van der Waals surface area contributed by atoms with Gasteiger partial charge in [0.25, 0.3) is 0 Å². The van der Waals surface area contributed by atoms with Gasteiger partial charge in [-0.15, -0.1) is 0 Å². The minimum Gasteiger partial charge on any atom is -0.311 e. The van der Waals surface area contributed by atoms with Gasteiger partial charge in [-0.3, -0.25) is 0 Å². The van der Waals surface area contributed by atoms with Crippen molar-refractivity contribution in [3.8, 4) is 11.1 Å². The molecule has 2 unspecified atom stereocenters. The van der Waals surface area contributed by atoms with Crippen molar-refractivity contribution in [3.63, 3.8) is 0 Å². The molecule has 2 heteroatoms. The largest absolute Gasteiger partial charge is 0.311 e. The normalized spacial score (nSPS) is 21.7. The second-order valence-corrected chi connectivity index (χ2v) is 19.7. The SMILES string of the molecule is C=Cc1ccc(C23CC4CC(C2)CC(c2ccc(N(c5ccc(CCCC)cc5)c5ccc(-c6ccc(N(c7ccc(C)cc7)c7ccc8c(c7)CC8)cc6)cc5)cc2)(C4)C3)cc1. The molecule has 0 spiro atoms. The number of benzene rings is 7. The van der Waals surface area contributed by atoms with E-state index in [0.29, 0.717) is 5.41 Å². The summed E-state index contributed by atoms with van der Waals surface area (Å²) >= 11 is 0. The fourth-order valence-electron chi connectivity index (χ4n) is 12.6. The van der Waals surface area contributed by atoms with Gasteiger partial charge in [0.1, 0.15) is 0 Å². The van der Waals surface area contributed by atoms with E-state index < -0.39 is 0 Å². The Bertz CT molecular complexity index is 2710. The lowest BCUT2D eigenvalue weighted by Crippen LogP contribution is -2.55. The molecule has 2 nitrogen and oxygen atoms in total. The van der Waals surface area contributed by atoms with E-state index in [0.717, 1.165) is 18.3 Å². The number of hydrogen-bond donors (Lipinski definition) is 0. The van der Waals surface area contributed by atoms with Crippen LogP contribution in [0.3, 0.4) is 0 Å². The highest BCUT2D eigenvalue weighted by atomic mass is 15.1. The van der Waals surface area contributed by atoms with Crippen LogP contribution in [0, 0.1) is 18.8 Å². The number of fused-ring (bicyclic) bond motifs is 1. The van der Waals surface area contributed by atoms with E-state index in [-0.39, 0.29) is 5.41 Å². The van der Waals surface area contributed by atoms with E-state index >= 15 is 0 Å². The third-order valence-corrected chi connectivity index (χ3v) is 15.6. The summed E-state index contributed by atoms with van der Waals surface area (Å²) in [5.74, 6) is 1.63. The molecule has 5 aliphatic carbocycles. The molecule has 314 valence electrons. The molecule has 0 amide bonds. The van der Waals surface area contributed by atoms with Crippen LogP contribution in [0.5, 0.6) is 0 Å². The Morgan fingerprint density at radius 2 is 0.968 bits per heavy atom. The van der Waals surface area contributed by atoms with Gasteiger partial charge >= 0.3 is 0 Å². The van der Waals surface area contributed by atoms with Crippen LogP contribution in [0.15, 0.2) is 170 Å². The van der Waals surface area contributed by atoms with Crippen LogP contribution in [-0.2, 0) is 30.1 Å². The molecule has 0 N–H and O–H groups in total. The second kappa shape index (κ2) is 16.2. The third-order valence-electron chi connectivity index (χ3n) is 15.6. The van der Waals surface area contributed by atoms with Gasteiger partial charge in [-0.25, -0.2) is 0 Å². The average Bonchev–Trinajstić information content (AvgIpc) is 3.30. The van der Waals surface area contributed by atoms with Crippen molar-refractivity contribution < 1.29 is 0 Å². The van der Waals surface area contributed by atoms with Gasteiger partial charge in [0.2, 0.25) is 0 Å². The first-order chi connectivity index (χ1) is 30.9. The smallest absolute Gasteiger partial charge is 0.0464 e. The molecule has 63 heavy (non-hydrogen) atoms. The highest BCUT2D eigenvalue weighted by Gasteiger charge is 2.58. The summed E-state index contributed by atoms with van der Waals surface area (Å²) in [5.41, 5.74) is 20.1. The third kappa shape index (κ3) is 7.42. The molecule has 7 aromatic carbocycles. The lowest BCUT2D eigenvalue weighted by Gasteiger charge is -2.63. The molecular formula is C61H60N2. The van der Waals surface area contributed by atoms with Gasteiger partial charge in [0.05, 0.1) is 0 Å². The quantitative estimate of drug-likeness (QED) is 0.114. The van der Waals surface area contributed by atoms with Gasteiger partial charge in [-0.2, -0.15) is 0 Å². The Hall–Kier alpha value is -6.12. The van der Waals surface area contributed by atoms with E-state index in [1.54, 1.807) is 11.1 Å². The lowest BCUT2D eigenvalue weighted by atomic mass is 9.42. The van der Waals surface area contributed by atoms with Crippen LogP contribution >= 0.6 is 0 Å². The Balaban J connectivity index is 0.892. The van der Waals surface area contributed by atoms with Crippen molar-refractivity contribution in [1.82, 2.24) is 0 Å². The molecule has 2 atom stereocenters. The summed E-state index contributed by atoms with van der Waals surface area (Å²) < 4.78 is 0. The van der Waals surface area contributed by atoms with Gasteiger partial charge in [-0.1, -0.05) is 123 Å². The maximum absolute atomic E-state index is 4.02. The van der Waals surface area contributed by atoms with E-state index in [9.17, 15) is 0 Å². The maximum atomic E-state index is 4.02. The number of rotatable bonds is 13. The molecule has 0 heterocycles. The van der Waals surface area contributed by atoms with E-state index in [4.69, 9.17) is 0 Å². The van der Waals surface area contributed by atoms with E-state index in [2.05, 4.69) is 194 Å². The second-order valence-electron chi connectivity index (χ2n) is 19.7. The van der Waals surface area contributed by atoms with E-state index in [1.807, 2.05) is 6.08 Å². The summed E-state index contributed by atoms with van der Waals surface area (Å²) in [7, 11) is 0. The molecule has 0 aromatic heterocycles. The maximum Gasteiger partial charge on any atom is 0.0464 e. The zero-order chi connectivity index (χ0) is 42.5. The fourth-order valence-corrected chi connectivity index (χ4v) is 12.6. The first-order valence-corrected chi connectivity index (χ1v) is 23.8. The monoisotopic (exact) mass is 820 g/mol. The summed E-state index contributed by atoms with van der Waals surface area (Å²) in [4.78, 5) is 4.85. The minimum absolute atomic E-state index is 0.252. The Labute approximate surface area is 376 Å². The van der Waals surface area contributed by atoms with Gasteiger partial charge in [0.15, 0.2) is 0 Å². The minimum atomic E-state index is 0.252. The number of hydrogen-bond acceptors (Lipinski definition) is 2. The first kappa shape index (κ1) is 39.7. The summed E-state index contributed by atoms with van der Waals surface area (Å²) in [6, 6.07) is 62.7. The summed E-state index contributed by atoms with van der Waals surface area (Å²) in [6.45, 7) is 8.45. The Kier molecular flexibility index (Phi) is 10.2. The predicted molar refractivity (Wildman–Crippen MR) is 267 cm³/mol. The molecule has 4 bridgehead atoms. The number of nitrogens with zero attached hydrogens (tertiary/aromatic N) is 2. The average molecular weight is 821 g/mol. The van der Waals surface area contributed by atoms with Crippen molar-refractivity contribution in [2.24, 2.45) is 11.8 Å². The van der Waals surface area contributed by atoms with E-state index in [1.165, 1.54) is 137 Å². The molecule has 4 fully saturated rings. The van der Waals surface area contributed by atoms with Crippen molar-refractivity contribution >= 4 is 40.2 Å². The van der Waals surface area contributed by atoms with Crippen LogP contribution in [0.2, 0.25) is 0 Å². The first-order valence-electron chi connectivity index (χ1n) is 23.8. The van der Waals surface area contributed by atoms with Gasteiger partial charge in [0, 0.05) is 34.1 Å². The number of anilines is 6. The topological polar surface area (TPSA) is 6.48 Å². The Morgan fingerprint density at radius 3 is 1.44 bits per heavy atom. The standard InChI is InChI=1S/C61H60N2/c1-4-6-7-45-12-27-55(28-13-45)62(58-34-23-53(24-35-58)61-40-46-36-47(41-61)39-60(38-46,42-61)52-21-10-44(5-2)11-22-52)56-29-16-48(17-30-56)49-18-31-57(32-19-49)63(54-25-8-43(3)9-26-54)59-33-20-50-14-15-51(50)37-59/h5,8-13,16-35,37,46-47H,2,4,6-7,14-15,36,38-42H2,1,3H3. The van der Waals surface area contributed by atoms with Crippen molar-refractivity contribution in [1.29, 1.82) is 0 Å². The Morgan fingerprint density at radius 1 is 0.524 bits per heavy atom. The van der Waals surface area contributed by atoms with Crippen LogP contribution in [0.4, 0.5) is 34.1 Å². The van der Waals surface area contributed by atoms with Crippen LogP contribution in [-0.4, -0.2) is 0 Å². The van der Waals surface area contributed by atoms with Crippen molar-refractivity contribution in [2.75, 3.05) is 9.80 Å². The molecule has 5 aliphatic rings. The highest BCUT2D eigenvalue weighted by Crippen LogP contribution is 2.66. The zero-order valence-corrected chi connectivity index (χ0v) is 37.2. The fraction of sp³-hybridized carbons (Fsp3) is 0.279. The molecule has 0 aliphatic heterocycles. The molecule has 0 radical (unpaired) electrons. The zero-order valence-electron chi connectivity index (χ0n) is 37.2. The lowest BCUT2D eigenvalue weighted by molar-refractivity contribution is -0.0281. The predicted octanol–water partition coefficient (Wildman–Crippen LogP) is 16.5. The molecule has 7 aromatic rings. The van der Waals surface area contributed by atoms with Gasteiger partial charge in [-0.05, 0) is 211 Å². The molecular weight excluding hydrogens is 761 g/mol. The highest BCUT2D eigenvalue weighted by molar-refractivity contribution is 5.81. The van der Waals surface area contributed by atoms with Crippen LogP contribution in [0.1, 0.15) is 97.2 Å². The number of unbranched alkanes of at least 4 members (excludes halogenated alkanes) is 1. The van der Waals surface area contributed by atoms with Crippen LogP contribution < -0.4 is 9.80 Å². The van der Waals surface area contributed by atoms with Crippen LogP contribution in [0.25, 0.3) is 17.2 Å².